The number of carbonyl (C=O) groups is 2. The van der Waals surface area contributed by atoms with Gasteiger partial charge in [0.25, 0.3) is 5.91 Å². The van der Waals surface area contributed by atoms with E-state index in [-0.39, 0.29) is 16.6 Å². The molecule has 5 nitrogen and oxygen atoms in total. The first kappa shape index (κ1) is 21.0. The van der Waals surface area contributed by atoms with Crippen LogP contribution in [0.2, 0.25) is 10.0 Å². The van der Waals surface area contributed by atoms with Crippen molar-refractivity contribution in [2.24, 2.45) is 0 Å². The normalized spacial score (nSPS) is 11.6. The van der Waals surface area contributed by atoms with Crippen LogP contribution in [0, 0.1) is 5.82 Å². The fraction of sp³-hybridized carbons (Fsp3) is 0.263. The molecule has 0 aliphatic heterocycles. The summed E-state index contributed by atoms with van der Waals surface area (Å²) in [6.07, 6.45) is -0.444. The molecule has 27 heavy (non-hydrogen) atoms. The molecule has 1 N–H and O–H groups in total. The van der Waals surface area contributed by atoms with Gasteiger partial charge in [0.15, 0.2) is 12.7 Å². The number of rotatable bonds is 8. The molecular weight excluding hydrogens is 396 g/mol. The quantitative estimate of drug-likeness (QED) is 0.668. The predicted octanol–water partition coefficient (Wildman–Crippen LogP) is 3.80. The van der Waals surface area contributed by atoms with Crippen LogP contribution in [0.25, 0.3) is 0 Å². The molecule has 0 heterocycles. The molecule has 1 atom stereocenters. The van der Waals surface area contributed by atoms with Gasteiger partial charge in [-0.15, -0.1) is 0 Å². The lowest BCUT2D eigenvalue weighted by atomic mass is 10.1. The van der Waals surface area contributed by atoms with E-state index in [2.05, 4.69) is 5.32 Å². The molecule has 2 aromatic rings. The standard InChI is InChI=1S/C19H18Cl2FNO4/c1-12(19(25)23-9-8-13-2-5-15(22)6-3-13)27-18(24)11-26-17-7-4-14(20)10-16(17)21/h2-7,10,12H,8-9,11H2,1H3,(H,23,25)/t12-/m1/s1. The zero-order valence-electron chi connectivity index (χ0n) is 14.5. The van der Waals surface area contributed by atoms with Crippen molar-refractivity contribution in [1.82, 2.24) is 5.32 Å². The average Bonchev–Trinajstić information content (AvgIpc) is 2.62. The fourth-order valence-electron chi connectivity index (χ4n) is 2.14. The second kappa shape index (κ2) is 10.1. The summed E-state index contributed by atoms with van der Waals surface area (Å²) in [5.74, 6) is -1.17. The molecule has 2 rings (SSSR count). The van der Waals surface area contributed by atoms with Crippen LogP contribution in [-0.4, -0.2) is 31.1 Å². The highest BCUT2D eigenvalue weighted by Crippen LogP contribution is 2.27. The Labute approximate surface area is 166 Å². The molecule has 0 bridgehead atoms. The molecule has 1 amide bonds. The first-order chi connectivity index (χ1) is 12.8. The van der Waals surface area contributed by atoms with Crippen LogP contribution in [0.3, 0.4) is 0 Å². The van der Waals surface area contributed by atoms with Gasteiger partial charge in [-0.2, -0.15) is 0 Å². The van der Waals surface area contributed by atoms with Gasteiger partial charge in [0.05, 0.1) is 5.02 Å². The third-order valence-electron chi connectivity index (χ3n) is 3.54. The van der Waals surface area contributed by atoms with Gasteiger partial charge in [0.2, 0.25) is 0 Å². The number of benzene rings is 2. The lowest BCUT2D eigenvalue weighted by Crippen LogP contribution is -2.37. The zero-order chi connectivity index (χ0) is 19.8. The summed E-state index contributed by atoms with van der Waals surface area (Å²) >= 11 is 11.7. The summed E-state index contributed by atoms with van der Waals surface area (Å²) in [6, 6.07) is 10.6. The van der Waals surface area contributed by atoms with E-state index in [0.29, 0.717) is 18.0 Å². The molecule has 0 saturated carbocycles. The molecule has 0 fully saturated rings. The molecule has 0 unspecified atom stereocenters. The van der Waals surface area contributed by atoms with E-state index in [4.69, 9.17) is 32.7 Å². The Morgan fingerprint density at radius 2 is 1.85 bits per heavy atom. The van der Waals surface area contributed by atoms with E-state index in [1.165, 1.54) is 31.2 Å². The van der Waals surface area contributed by atoms with Gasteiger partial charge >= 0.3 is 5.97 Å². The third kappa shape index (κ3) is 7.07. The second-order valence-electron chi connectivity index (χ2n) is 5.66. The van der Waals surface area contributed by atoms with Gasteiger partial charge in [-0.1, -0.05) is 35.3 Å². The summed E-state index contributed by atoms with van der Waals surface area (Å²) in [5, 5.41) is 3.36. The van der Waals surface area contributed by atoms with Crippen LogP contribution in [-0.2, 0) is 20.7 Å². The van der Waals surface area contributed by atoms with E-state index in [1.54, 1.807) is 18.2 Å². The zero-order valence-corrected chi connectivity index (χ0v) is 16.0. The number of carbonyl (C=O) groups excluding carboxylic acids is 2. The van der Waals surface area contributed by atoms with Crippen LogP contribution >= 0.6 is 23.2 Å². The van der Waals surface area contributed by atoms with Crippen molar-refractivity contribution in [2.45, 2.75) is 19.4 Å². The Hall–Kier alpha value is -2.31. The van der Waals surface area contributed by atoms with Crippen molar-refractivity contribution in [3.8, 4) is 5.75 Å². The minimum atomic E-state index is -0.977. The van der Waals surface area contributed by atoms with E-state index in [0.717, 1.165) is 5.56 Å². The lowest BCUT2D eigenvalue weighted by Gasteiger charge is -2.14. The van der Waals surface area contributed by atoms with Crippen LogP contribution in [0.15, 0.2) is 42.5 Å². The van der Waals surface area contributed by atoms with Crippen LogP contribution in [0.5, 0.6) is 5.75 Å². The number of hydrogen-bond acceptors (Lipinski definition) is 4. The van der Waals surface area contributed by atoms with E-state index >= 15 is 0 Å². The lowest BCUT2D eigenvalue weighted by molar-refractivity contribution is -0.156. The predicted molar refractivity (Wildman–Crippen MR) is 101 cm³/mol. The molecular formula is C19H18Cl2FNO4. The highest BCUT2D eigenvalue weighted by Gasteiger charge is 2.18. The average molecular weight is 414 g/mol. The molecule has 0 saturated heterocycles. The number of hydrogen-bond donors (Lipinski definition) is 1. The van der Waals surface area contributed by atoms with Crippen molar-refractivity contribution in [2.75, 3.05) is 13.2 Å². The monoisotopic (exact) mass is 413 g/mol. The SMILES string of the molecule is C[C@@H](OC(=O)COc1ccc(Cl)cc1Cl)C(=O)NCCc1ccc(F)cc1. The third-order valence-corrected chi connectivity index (χ3v) is 4.07. The fourth-order valence-corrected chi connectivity index (χ4v) is 2.60. The van der Waals surface area contributed by atoms with E-state index in [9.17, 15) is 14.0 Å². The topological polar surface area (TPSA) is 64.6 Å². The van der Waals surface area contributed by atoms with Gasteiger partial charge in [-0.05, 0) is 49.2 Å². The number of esters is 1. The van der Waals surface area contributed by atoms with Gasteiger partial charge in [0.1, 0.15) is 11.6 Å². The largest absolute Gasteiger partial charge is 0.480 e. The highest BCUT2D eigenvalue weighted by molar-refractivity contribution is 6.35. The number of nitrogens with one attached hydrogen (secondary N) is 1. The summed E-state index contributed by atoms with van der Waals surface area (Å²) in [6.45, 7) is 1.40. The van der Waals surface area contributed by atoms with Crippen molar-refractivity contribution in [3.63, 3.8) is 0 Å². The van der Waals surface area contributed by atoms with Gasteiger partial charge in [0, 0.05) is 11.6 Å². The van der Waals surface area contributed by atoms with Crippen LogP contribution < -0.4 is 10.1 Å². The van der Waals surface area contributed by atoms with Crippen molar-refractivity contribution >= 4 is 35.1 Å². The Balaban J connectivity index is 1.71. The minimum Gasteiger partial charge on any atom is -0.480 e. The molecule has 144 valence electrons. The Morgan fingerprint density at radius 1 is 1.15 bits per heavy atom. The Bertz CT molecular complexity index is 799. The van der Waals surface area contributed by atoms with E-state index < -0.39 is 24.6 Å². The maximum Gasteiger partial charge on any atom is 0.344 e. The molecule has 2 aromatic carbocycles. The van der Waals surface area contributed by atoms with E-state index in [1.807, 2.05) is 0 Å². The number of halogens is 3. The molecule has 0 aromatic heterocycles. The van der Waals surface area contributed by atoms with Gasteiger partial charge in [-0.25, -0.2) is 9.18 Å². The second-order valence-corrected chi connectivity index (χ2v) is 6.51. The summed E-state index contributed by atoms with van der Waals surface area (Å²) in [4.78, 5) is 23.8. The Kier molecular flexibility index (Phi) is 7.88. The summed E-state index contributed by atoms with van der Waals surface area (Å²) in [5.41, 5.74) is 0.884. The van der Waals surface area contributed by atoms with Gasteiger partial charge in [-0.3, -0.25) is 4.79 Å². The maximum absolute atomic E-state index is 12.8. The highest BCUT2D eigenvalue weighted by atomic mass is 35.5. The summed E-state index contributed by atoms with van der Waals surface area (Å²) < 4.78 is 23.1. The minimum absolute atomic E-state index is 0.266. The first-order valence-electron chi connectivity index (χ1n) is 8.14. The van der Waals surface area contributed by atoms with Crippen molar-refractivity contribution in [1.29, 1.82) is 0 Å². The molecule has 0 aliphatic carbocycles. The molecule has 0 spiro atoms. The van der Waals surface area contributed by atoms with Crippen LogP contribution in [0.1, 0.15) is 12.5 Å². The van der Waals surface area contributed by atoms with Crippen molar-refractivity contribution in [3.05, 3.63) is 63.9 Å². The number of amides is 1. The molecule has 0 radical (unpaired) electrons. The summed E-state index contributed by atoms with van der Waals surface area (Å²) in [7, 11) is 0. The van der Waals surface area contributed by atoms with Crippen molar-refractivity contribution < 1.29 is 23.5 Å². The van der Waals surface area contributed by atoms with Gasteiger partial charge < -0.3 is 14.8 Å². The smallest absolute Gasteiger partial charge is 0.344 e. The number of ether oxygens (including phenoxy) is 2. The molecule has 8 heteroatoms. The Morgan fingerprint density at radius 3 is 2.52 bits per heavy atom. The van der Waals surface area contributed by atoms with Crippen LogP contribution in [0.4, 0.5) is 4.39 Å². The first-order valence-corrected chi connectivity index (χ1v) is 8.90. The maximum atomic E-state index is 12.8. The molecule has 0 aliphatic rings.